The van der Waals surface area contributed by atoms with Crippen LogP contribution in [-0.2, 0) is 4.79 Å². The molecule has 1 saturated carbocycles. The van der Waals surface area contributed by atoms with E-state index in [9.17, 15) is 9.18 Å². The topological polar surface area (TPSA) is 63.3 Å². The molecule has 18 heavy (non-hydrogen) atoms. The predicted octanol–water partition coefficient (Wildman–Crippen LogP) is 2.53. The molecule has 2 atom stereocenters. The molecule has 0 amide bonds. The standard InChI is InChI=1S/C14H18FNO2/c1-7-10(9-3-4-9)5-6-11(15)12(7)8(2)13(16)14(17)18/h5-6,8-9,13H,3-4,16H2,1-2H3,(H,17,18)/t8-,13+/m1/s1. The van der Waals surface area contributed by atoms with Crippen LogP contribution >= 0.6 is 0 Å². The minimum Gasteiger partial charge on any atom is -0.480 e. The molecule has 0 bridgehead atoms. The van der Waals surface area contributed by atoms with Crippen molar-refractivity contribution in [2.75, 3.05) is 0 Å². The Hall–Kier alpha value is -1.42. The van der Waals surface area contributed by atoms with Gasteiger partial charge in [0.25, 0.3) is 0 Å². The van der Waals surface area contributed by atoms with Crippen molar-refractivity contribution in [1.29, 1.82) is 0 Å². The fourth-order valence-corrected chi connectivity index (χ4v) is 2.50. The van der Waals surface area contributed by atoms with E-state index in [-0.39, 0.29) is 5.82 Å². The summed E-state index contributed by atoms with van der Waals surface area (Å²) < 4.78 is 13.9. The molecule has 3 N–H and O–H groups in total. The van der Waals surface area contributed by atoms with E-state index >= 15 is 0 Å². The van der Waals surface area contributed by atoms with Gasteiger partial charge in [-0.25, -0.2) is 4.39 Å². The van der Waals surface area contributed by atoms with E-state index in [1.54, 1.807) is 6.92 Å². The van der Waals surface area contributed by atoms with Crippen LogP contribution in [0.25, 0.3) is 0 Å². The van der Waals surface area contributed by atoms with Gasteiger partial charge in [-0.15, -0.1) is 0 Å². The lowest BCUT2D eigenvalue weighted by Crippen LogP contribution is -2.36. The number of aliphatic carboxylic acids is 1. The average molecular weight is 251 g/mol. The highest BCUT2D eigenvalue weighted by molar-refractivity contribution is 5.74. The second kappa shape index (κ2) is 4.69. The van der Waals surface area contributed by atoms with Gasteiger partial charge in [-0.05, 0) is 48.4 Å². The third-order valence-electron chi connectivity index (χ3n) is 3.80. The maximum atomic E-state index is 13.9. The zero-order chi connectivity index (χ0) is 13.4. The Morgan fingerprint density at radius 1 is 1.50 bits per heavy atom. The largest absolute Gasteiger partial charge is 0.480 e. The third-order valence-corrected chi connectivity index (χ3v) is 3.80. The molecule has 0 saturated heterocycles. The Balaban J connectivity index is 2.42. The molecule has 1 aliphatic carbocycles. The summed E-state index contributed by atoms with van der Waals surface area (Å²) in [7, 11) is 0. The second-order valence-electron chi connectivity index (χ2n) is 5.10. The molecular weight excluding hydrogens is 233 g/mol. The van der Waals surface area contributed by atoms with E-state index in [4.69, 9.17) is 10.8 Å². The van der Waals surface area contributed by atoms with Crippen molar-refractivity contribution in [2.45, 2.75) is 44.6 Å². The number of carboxylic acids is 1. The number of hydrogen-bond acceptors (Lipinski definition) is 2. The van der Waals surface area contributed by atoms with E-state index in [1.807, 2.05) is 13.0 Å². The van der Waals surface area contributed by atoms with Crippen LogP contribution in [0.2, 0.25) is 0 Å². The number of carboxylic acid groups (broad SMARTS) is 1. The van der Waals surface area contributed by atoms with E-state index in [2.05, 4.69) is 0 Å². The molecule has 1 fully saturated rings. The Kier molecular flexibility index (Phi) is 3.39. The van der Waals surface area contributed by atoms with Crippen molar-refractivity contribution < 1.29 is 14.3 Å². The van der Waals surface area contributed by atoms with Crippen molar-refractivity contribution in [3.05, 3.63) is 34.6 Å². The van der Waals surface area contributed by atoms with Crippen LogP contribution in [-0.4, -0.2) is 17.1 Å². The average Bonchev–Trinajstić information content (AvgIpc) is 3.11. The van der Waals surface area contributed by atoms with Crippen molar-refractivity contribution in [3.63, 3.8) is 0 Å². The summed E-state index contributed by atoms with van der Waals surface area (Å²) in [6.45, 7) is 3.53. The molecular formula is C14H18FNO2. The first kappa shape index (κ1) is 13.0. The Bertz CT molecular complexity index is 483. The zero-order valence-corrected chi connectivity index (χ0v) is 10.6. The molecule has 1 aliphatic rings. The zero-order valence-electron chi connectivity index (χ0n) is 10.6. The van der Waals surface area contributed by atoms with E-state index < -0.39 is 17.9 Å². The molecule has 0 spiro atoms. The quantitative estimate of drug-likeness (QED) is 0.864. The van der Waals surface area contributed by atoms with Gasteiger partial charge in [-0.2, -0.15) is 0 Å². The number of nitrogens with two attached hydrogens (primary N) is 1. The summed E-state index contributed by atoms with van der Waals surface area (Å²) in [5.41, 5.74) is 8.06. The number of hydrogen-bond donors (Lipinski definition) is 2. The molecule has 0 radical (unpaired) electrons. The van der Waals surface area contributed by atoms with Crippen LogP contribution in [0.3, 0.4) is 0 Å². The SMILES string of the molecule is Cc1c(C2CC2)ccc(F)c1[C@@H](C)[C@H](N)C(=O)O. The van der Waals surface area contributed by atoms with Gasteiger partial charge in [0.2, 0.25) is 0 Å². The highest BCUT2D eigenvalue weighted by atomic mass is 19.1. The fraction of sp³-hybridized carbons (Fsp3) is 0.500. The highest BCUT2D eigenvalue weighted by Crippen LogP contribution is 2.43. The smallest absolute Gasteiger partial charge is 0.321 e. The molecule has 2 rings (SSSR count). The molecule has 0 unspecified atom stereocenters. The van der Waals surface area contributed by atoms with Crippen molar-refractivity contribution >= 4 is 5.97 Å². The van der Waals surface area contributed by atoms with E-state index in [1.165, 1.54) is 6.07 Å². The summed E-state index contributed by atoms with van der Waals surface area (Å²) in [5.74, 6) is -1.47. The van der Waals surface area contributed by atoms with E-state index in [0.29, 0.717) is 11.5 Å². The Morgan fingerprint density at radius 3 is 2.61 bits per heavy atom. The predicted molar refractivity (Wildman–Crippen MR) is 67.1 cm³/mol. The van der Waals surface area contributed by atoms with Crippen LogP contribution in [0, 0.1) is 12.7 Å². The molecule has 3 nitrogen and oxygen atoms in total. The van der Waals surface area contributed by atoms with Gasteiger partial charge in [-0.1, -0.05) is 13.0 Å². The molecule has 1 aromatic rings. The monoisotopic (exact) mass is 251 g/mol. The molecule has 4 heteroatoms. The van der Waals surface area contributed by atoms with Gasteiger partial charge in [-0.3, -0.25) is 4.79 Å². The first-order chi connectivity index (χ1) is 8.43. The summed E-state index contributed by atoms with van der Waals surface area (Å²) in [5, 5.41) is 8.94. The van der Waals surface area contributed by atoms with Gasteiger partial charge >= 0.3 is 5.97 Å². The minimum atomic E-state index is -1.10. The summed E-state index contributed by atoms with van der Waals surface area (Å²) in [6.07, 6.45) is 2.26. The molecule has 0 aromatic heterocycles. The number of halogens is 1. The highest BCUT2D eigenvalue weighted by Gasteiger charge is 2.30. The van der Waals surface area contributed by atoms with Crippen LogP contribution < -0.4 is 5.73 Å². The molecule has 0 heterocycles. The number of benzene rings is 1. The van der Waals surface area contributed by atoms with Crippen molar-refractivity contribution in [2.24, 2.45) is 5.73 Å². The fourth-order valence-electron chi connectivity index (χ4n) is 2.50. The lowest BCUT2D eigenvalue weighted by molar-refractivity contribution is -0.139. The normalized spacial score (nSPS) is 18.4. The minimum absolute atomic E-state index is 0.360. The maximum Gasteiger partial charge on any atom is 0.321 e. The molecule has 98 valence electrons. The van der Waals surface area contributed by atoms with Crippen molar-refractivity contribution in [3.8, 4) is 0 Å². The van der Waals surface area contributed by atoms with Gasteiger partial charge < -0.3 is 10.8 Å². The van der Waals surface area contributed by atoms with E-state index in [0.717, 1.165) is 24.0 Å². The lowest BCUT2D eigenvalue weighted by Gasteiger charge is -2.21. The summed E-state index contributed by atoms with van der Waals surface area (Å²) in [4.78, 5) is 10.9. The first-order valence-corrected chi connectivity index (χ1v) is 6.20. The van der Waals surface area contributed by atoms with Crippen LogP contribution in [0.4, 0.5) is 4.39 Å². The van der Waals surface area contributed by atoms with Gasteiger partial charge in [0.1, 0.15) is 11.9 Å². The maximum absolute atomic E-state index is 13.9. The van der Waals surface area contributed by atoms with Crippen LogP contribution in [0.1, 0.15) is 48.3 Å². The first-order valence-electron chi connectivity index (χ1n) is 6.20. The van der Waals surface area contributed by atoms with Gasteiger partial charge in [0.15, 0.2) is 0 Å². The van der Waals surface area contributed by atoms with Crippen LogP contribution in [0.5, 0.6) is 0 Å². The summed E-state index contributed by atoms with van der Waals surface area (Å²) in [6, 6.07) is 2.17. The Labute approximate surface area is 106 Å². The van der Waals surface area contributed by atoms with Gasteiger partial charge in [0, 0.05) is 5.92 Å². The van der Waals surface area contributed by atoms with Crippen LogP contribution in [0.15, 0.2) is 12.1 Å². The van der Waals surface area contributed by atoms with Crippen molar-refractivity contribution in [1.82, 2.24) is 0 Å². The third kappa shape index (κ3) is 2.25. The van der Waals surface area contributed by atoms with Gasteiger partial charge in [0.05, 0.1) is 0 Å². The Morgan fingerprint density at radius 2 is 2.11 bits per heavy atom. The molecule has 0 aliphatic heterocycles. The number of carbonyl (C=O) groups is 1. The lowest BCUT2D eigenvalue weighted by atomic mass is 9.87. The second-order valence-corrected chi connectivity index (χ2v) is 5.10. The summed E-state index contributed by atoms with van der Waals surface area (Å²) >= 11 is 0. The molecule has 1 aromatic carbocycles. The number of rotatable bonds is 4.